The fraction of sp³-hybridized carbons (Fsp3) is 0.700. The predicted molar refractivity (Wildman–Crippen MR) is 58.6 cm³/mol. The van der Waals surface area contributed by atoms with E-state index in [9.17, 15) is 4.79 Å². The van der Waals surface area contributed by atoms with Crippen LogP contribution in [0.4, 0.5) is 0 Å². The Morgan fingerprint density at radius 3 is 3.00 bits per heavy atom. The Bertz CT molecular complexity index is 369. The molecule has 16 heavy (non-hydrogen) atoms. The van der Waals surface area contributed by atoms with Crippen molar-refractivity contribution in [1.82, 2.24) is 25.4 Å². The van der Waals surface area contributed by atoms with E-state index in [-0.39, 0.29) is 11.8 Å². The molecular formula is C10H17N5O. The molecule has 0 aliphatic carbocycles. The highest BCUT2D eigenvalue weighted by Gasteiger charge is 2.25. The van der Waals surface area contributed by atoms with Gasteiger partial charge in [-0.15, -0.1) is 0 Å². The third-order valence-corrected chi connectivity index (χ3v) is 2.81. The van der Waals surface area contributed by atoms with E-state index >= 15 is 0 Å². The van der Waals surface area contributed by atoms with Crippen LogP contribution < -0.4 is 5.32 Å². The topological polar surface area (TPSA) is 73.9 Å². The van der Waals surface area contributed by atoms with E-state index in [0.717, 1.165) is 25.3 Å². The van der Waals surface area contributed by atoms with Crippen LogP contribution in [0.25, 0.3) is 0 Å². The number of amides is 1. The number of hydrogen-bond donors (Lipinski definition) is 2. The van der Waals surface area contributed by atoms with E-state index in [0.29, 0.717) is 12.4 Å². The smallest absolute Gasteiger partial charge is 0.227 e. The summed E-state index contributed by atoms with van der Waals surface area (Å²) >= 11 is 0. The van der Waals surface area contributed by atoms with Crippen molar-refractivity contribution in [3.8, 4) is 0 Å². The van der Waals surface area contributed by atoms with Gasteiger partial charge in [0.25, 0.3) is 0 Å². The summed E-state index contributed by atoms with van der Waals surface area (Å²) in [7, 11) is 1.80. The number of nitrogens with one attached hydrogen (secondary N) is 2. The van der Waals surface area contributed by atoms with Crippen molar-refractivity contribution in [2.24, 2.45) is 5.92 Å². The summed E-state index contributed by atoms with van der Waals surface area (Å²) in [5, 5.41) is 9.98. The average Bonchev–Trinajstić information content (AvgIpc) is 2.88. The molecule has 0 radical (unpaired) electrons. The lowest BCUT2D eigenvalue weighted by Crippen LogP contribution is -2.33. The largest absolute Gasteiger partial charge is 0.338 e. The maximum atomic E-state index is 12.0. The molecule has 0 spiro atoms. The molecule has 1 fully saturated rings. The van der Waals surface area contributed by atoms with E-state index in [2.05, 4.69) is 20.5 Å². The third-order valence-electron chi connectivity index (χ3n) is 2.81. The van der Waals surface area contributed by atoms with Crippen molar-refractivity contribution in [2.75, 3.05) is 20.1 Å². The molecule has 1 atom stereocenters. The number of hydrogen-bond acceptors (Lipinski definition) is 4. The van der Waals surface area contributed by atoms with Crippen LogP contribution in [0.3, 0.4) is 0 Å². The number of aromatic amines is 1. The molecular weight excluding hydrogens is 206 g/mol. The summed E-state index contributed by atoms with van der Waals surface area (Å²) in [6.07, 6.45) is 0.927. The van der Waals surface area contributed by atoms with Crippen molar-refractivity contribution in [3.05, 3.63) is 11.6 Å². The van der Waals surface area contributed by atoms with Gasteiger partial charge in [0, 0.05) is 13.6 Å². The SMILES string of the molecule is Cc1nc(CN(C)C(=O)C2CCNC2)n[nH]1. The minimum absolute atomic E-state index is 0.116. The van der Waals surface area contributed by atoms with Gasteiger partial charge < -0.3 is 10.2 Å². The molecule has 2 rings (SSSR count). The van der Waals surface area contributed by atoms with Gasteiger partial charge in [-0.3, -0.25) is 9.89 Å². The van der Waals surface area contributed by atoms with E-state index < -0.39 is 0 Å². The first-order chi connectivity index (χ1) is 7.66. The first-order valence-corrected chi connectivity index (χ1v) is 5.50. The lowest BCUT2D eigenvalue weighted by atomic mass is 10.1. The fourth-order valence-corrected chi connectivity index (χ4v) is 1.93. The van der Waals surface area contributed by atoms with Gasteiger partial charge in [0.2, 0.25) is 5.91 Å². The van der Waals surface area contributed by atoms with Crippen molar-refractivity contribution >= 4 is 5.91 Å². The zero-order chi connectivity index (χ0) is 11.5. The van der Waals surface area contributed by atoms with E-state index in [1.807, 2.05) is 6.92 Å². The molecule has 1 amide bonds. The molecule has 1 saturated heterocycles. The highest BCUT2D eigenvalue weighted by atomic mass is 16.2. The average molecular weight is 223 g/mol. The molecule has 6 heteroatoms. The molecule has 2 heterocycles. The maximum Gasteiger partial charge on any atom is 0.227 e. The molecule has 6 nitrogen and oxygen atoms in total. The molecule has 1 aliphatic rings. The van der Waals surface area contributed by atoms with Gasteiger partial charge in [-0.1, -0.05) is 0 Å². The van der Waals surface area contributed by atoms with Gasteiger partial charge in [-0.2, -0.15) is 5.10 Å². The molecule has 1 aromatic rings. The molecule has 88 valence electrons. The Morgan fingerprint density at radius 2 is 2.44 bits per heavy atom. The number of carbonyl (C=O) groups excluding carboxylic acids is 1. The highest BCUT2D eigenvalue weighted by molar-refractivity contribution is 5.79. The Balaban J connectivity index is 1.91. The second-order valence-corrected chi connectivity index (χ2v) is 4.22. The van der Waals surface area contributed by atoms with Crippen LogP contribution in [0, 0.1) is 12.8 Å². The zero-order valence-corrected chi connectivity index (χ0v) is 9.66. The minimum Gasteiger partial charge on any atom is -0.338 e. The predicted octanol–water partition coefficient (Wildman–Crippen LogP) is -0.319. The Labute approximate surface area is 94.4 Å². The van der Waals surface area contributed by atoms with E-state index in [4.69, 9.17) is 0 Å². The van der Waals surface area contributed by atoms with Gasteiger partial charge in [-0.25, -0.2) is 4.98 Å². The Kier molecular flexibility index (Phi) is 3.19. The molecule has 1 aromatic heterocycles. The Morgan fingerprint density at radius 1 is 1.62 bits per heavy atom. The van der Waals surface area contributed by atoms with Crippen LogP contribution in [0.1, 0.15) is 18.1 Å². The number of aromatic nitrogens is 3. The summed E-state index contributed by atoms with van der Waals surface area (Å²) in [6.45, 7) is 4.04. The molecule has 1 aliphatic heterocycles. The number of carbonyl (C=O) groups is 1. The quantitative estimate of drug-likeness (QED) is 0.736. The van der Waals surface area contributed by atoms with Crippen LogP contribution in [0.2, 0.25) is 0 Å². The molecule has 2 N–H and O–H groups in total. The minimum atomic E-state index is 0.116. The summed E-state index contributed by atoms with van der Waals surface area (Å²) in [4.78, 5) is 17.9. The molecule has 0 bridgehead atoms. The summed E-state index contributed by atoms with van der Waals surface area (Å²) in [6, 6.07) is 0. The lowest BCUT2D eigenvalue weighted by molar-refractivity contribution is -0.134. The van der Waals surface area contributed by atoms with E-state index in [1.165, 1.54) is 0 Å². The zero-order valence-electron chi connectivity index (χ0n) is 9.66. The summed E-state index contributed by atoms with van der Waals surface area (Å²) < 4.78 is 0. The van der Waals surface area contributed by atoms with Crippen LogP contribution >= 0.6 is 0 Å². The van der Waals surface area contributed by atoms with Crippen LogP contribution in [0.5, 0.6) is 0 Å². The van der Waals surface area contributed by atoms with Crippen LogP contribution in [-0.2, 0) is 11.3 Å². The van der Waals surface area contributed by atoms with Gasteiger partial charge in [-0.05, 0) is 19.9 Å². The second-order valence-electron chi connectivity index (χ2n) is 4.22. The first kappa shape index (κ1) is 11.1. The fourth-order valence-electron chi connectivity index (χ4n) is 1.93. The van der Waals surface area contributed by atoms with Crippen molar-refractivity contribution in [1.29, 1.82) is 0 Å². The second kappa shape index (κ2) is 4.61. The van der Waals surface area contributed by atoms with Crippen LogP contribution in [0.15, 0.2) is 0 Å². The van der Waals surface area contributed by atoms with Gasteiger partial charge in [0.1, 0.15) is 5.82 Å². The first-order valence-electron chi connectivity index (χ1n) is 5.50. The number of rotatable bonds is 3. The van der Waals surface area contributed by atoms with Gasteiger partial charge in [0.05, 0.1) is 12.5 Å². The van der Waals surface area contributed by atoms with Crippen molar-refractivity contribution in [2.45, 2.75) is 19.9 Å². The number of aryl methyl sites for hydroxylation is 1. The standard InChI is InChI=1S/C10H17N5O/c1-7-12-9(14-13-7)6-15(2)10(16)8-3-4-11-5-8/h8,11H,3-6H2,1-2H3,(H,12,13,14). The lowest BCUT2D eigenvalue weighted by Gasteiger charge is -2.18. The molecule has 0 aromatic carbocycles. The monoisotopic (exact) mass is 223 g/mol. The normalized spacial score (nSPS) is 20.0. The summed E-state index contributed by atoms with van der Waals surface area (Å²) in [5.41, 5.74) is 0. The highest BCUT2D eigenvalue weighted by Crippen LogP contribution is 2.11. The Hall–Kier alpha value is -1.43. The van der Waals surface area contributed by atoms with Gasteiger partial charge in [0.15, 0.2) is 5.82 Å². The molecule has 1 unspecified atom stereocenters. The van der Waals surface area contributed by atoms with Gasteiger partial charge >= 0.3 is 0 Å². The van der Waals surface area contributed by atoms with Crippen LogP contribution in [-0.4, -0.2) is 46.1 Å². The summed E-state index contributed by atoms with van der Waals surface area (Å²) in [5.74, 6) is 1.73. The van der Waals surface area contributed by atoms with Crippen molar-refractivity contribution in [3.63, 3.8) is 0 Å². The number of nitrogens with zero attached hydrogens (tertiary/aromatic N) is 3. The van der Waals surface area contributed by atoms with Crippen molar-refractivity contribution < 1.29 is 4.79 Å². The molecule has 0 saturated carbocycles. The number of H-pyrrole nitrogens is 1. The third kappa shape index (κ3) is 2.38. The maximum absolute atomic E-state index is 12.0. The van der Waals surface area contributed by atoms with E-state index in [1.54, 1.807) is 11.9 Å².